The van der Waals surface area contributed by atoms with Gasteiger partial charge in [0.25, 0.3) is 5.91 Å². The molecule has 0 radical (unpaired) electrons. The van der Waals surface area contributed by atoms with Crippen molar-refractivity contribution in [3.05, 3.63) is 58.6 Å². The number of halogens is 3. The van der Waals surface area contributed by atoms with Gasteiger partial charge in [0.15, 0.2) is 28.3 Å². The van der Waals surface area contributed by atoms with E-state index in [0.717, 1.165) is 12.1 Å². The van der Waals surface area contributed by atoms with Gasteiger partial charge in [-0.3, -0.25) is 4.79 Å². The Kier molecular flexibility index (Phi) is 5.37. The van der Waals surface area contributed by atoms with E-state index in [1.807, 2.05) is 0 Å². The van der Waals surface area contributed by atoms with Gasteiger partial charge in [-0.25, -0.2) is 23.1 Å². The van der Waals surface area contributed by atoms with E-state index >= 15 is 0 Å². The second-order valence-corrected chi connectivity index (χ2v) is 7.79. The maximum absolute atomic E-state index is 13.7. The minimum absolute atomic E-state index is 0.0581. The molecular weight excluding hydrogens is 403 g/mol. The van der Waals surface area contributed by atoms with E-state index in [0.29, 0.717) is 36.8 Å². The van der Waals surface area contributed by atoms with Gasteiger partial charge in [-0.1, -0.05) is 0 Å². The number of thiazole rings is 1. The van der Waals surface area contributed by atoms with Crippen molar-refractivity contribution >= 4 is 17.2 Å². The van der Waals surface area contributed by atoms with Gasteiger partial charge in [-0.15, -0.1) is 11.3 Å². The number of carbonyl (C=O) groups is 1. The zero-order valence-corrected chi connectivity index (χ0v) is 16.1. The van der Waals surface area contributed by atoms with E-state index in [2.05, 4.69) is 9.97 Å². The molecule has 0 aliphatic carbocycles. The van der Waals surface area contributed by atoms with Gasteiger partial charge in [0, 0.05) is 30.7 Å². The molecule has 0 bridgehead atoms. The predicted octanol–water partition coefficient (Wildman–Crippen LogP) is 3.04. The molecule has 2 N–H and O–H groups in total. The van der Waals surface area contributed by atoms with Crippen LogP contribution in [0.25, 0.3) is 10.8 Å². The number of piperidine rings is 1. The van der Waals surface area contributed by atoms with Crippen LogP contribution in [-0.4, -0.2) is 44.5 Å². The maximum Gasteiger partial charge on any atom is 0.272 e. The minimum atomic E-state index is -1.53. The third-order valence-corrected chi connectivity index (χ3v) is 5.68. The molecule has 1 aliphatic heterocycles. The number of hydrogen-bond donors (Lipinski definition) is 1. The van der Waals surface area contributed by atoms with Crippen molar-refractivity contribution in [3.63, 3.8) is 0 Å². The Bertz CT molecular complexity index is 1010. The van der Waals surface area contributed by atoms with Crippen molar-refractivity contribution in [2.45, 2.75) is 25.4 Å². The summed E-state index contributed by atoms with van der Waals surface area (Å²) in [4.78, 5) is 23.3. The smallest absolute Gasteiger partial charge is 0.272 e. The summed E-state index contributed by atoms with van der Waals surface area (Å²) in [6, 6.07) is 1.90. The Hall–Kier alpha value is -2.72. The Morgan fingerprint density at radius 1 is 1.17 bits per heavy atom. The molecule has 0 saturated carbocycles. The quantitative estimate of drug-likeness (QED) is 0.657. The molecule has 2 aromatic heterocycles. The molecule has 1 aliphatic rings. The molecule has 0 atom stereocenters. The van der Waals surface area contributed by atoms with E-state index in [4.69, 9.17) is 5.73 Å². The number of benzene rings is 1. The van der Waals surface area contributed by atoms with Crippen molar-refractivity contribution in [2.24, 2.45) is 5.73 Å². The molecule has 29 heavy (non-hydrogen) atoms. The van der Waals surface area contributed by atoms with Gasteiger partial charge >= 0.3 is 0 Å². The number of carbonyl (C=O) groups excluding carboxylic acids is 1. The number of hydrogen-bond acceptors (Lipinski definition) is 5. The molecular formula is C19H18F3N5OS. The number of amides is 1. The normalized spacial score (nSPS) is 15.1. The van der Waals surface area contributed by atoms with E-state index in [1.54, 1.807) is 21.0 Å². The highest BCUT2D eigenvalue weighted by molar-refractivity contribution is 7.13. The first kappa shape index (κ1) is 19.6. The van der Waals surface area contributed by atoms with Crippen molar-refractivity contribution in [1.29, 1.82) is 0 Å². The van der Waals surface area contributed by atoms with Crippen molar-refractivity contribution < 1.29 is 18.0 Å². The fraction of sp³-hybridized carbons (Fsp3) is 0.316. The van der Waals surface area contributed by atoms with Crippen LogP contribution in [0.1, 0.15) is 28.9 Å². The molecule has 1 fully saturated rings. The van der Waals surface area contributed by atoms with Gasteiger partial charge in [-0.2, -0.15) is 0 Å². The van der Waals surface area contributed by atoms with Crippen molar-refractivity contribution in [3.8, 4) is 10.8 Å². The molecule has 3 heterocycles. The molecule has 0 unspecified atom stereocenters. The van der Waals surface area contributed by atoms with E-state index in [-0.39, 0.29) is 29.8 Å². The molecule has 1 amide bonds. The standard InChI is InChI=1S/C19H18F3N5OS/c20-13-7-11(8-14(21)16(13)22)10-27-15(9-25-17(27)18-24-3-6-29-18)19(28)26-4-1-12(23)2-5-26/h3,6-9,12H,1-2,4-5,10,23H2. The van der Waals surface area contributed by atoms with Crippen LogP contribution in [0.15, 0.2) is 29.9 Å². The summed E-state index contributed by atoms with van der Waals surface area (Å²) in [6.45, 7) is 0.993. The number of nitrogens with zero attached hydrogens (tertiary/aromatic N) is 4. The second kappa shape index (κ2) is 7.96. The zero-order chi connectivity index (χ0) is 20.5. The van der Waals surface area contributed by atoms with Gasteiger partial charge in [-0.05, 0) is 30.5 Å². The van der Waals surface area contributed by atoms with Gasteiger partial charge in [0.05, 0.1) is 12.7 Å². The molecule has 3 aromatic rings. The maximum atomic E-state index is 13.7. The van der Waals surface area contributed by atoms with Gasteiger partial charge in [0.1, 0.15) is 5.69 Å². The first-order valence-electron chi connectivity index (χ1n) is 9.07. The molecule has 6 nitrogen and oxygen atoms in total. The summed E-state index contributed by atoms with van der Waals surface area (Å²) in [6.07, 6.45) is 4.44. The van der Waals surface area contributed by atoms with E-state index < -0.39 is 17.5 Å². The van der Waals surface area contributed by atoms with Crippen LogP contribution in [0, 0.1) is 17.5 Å². The number of rotatable bonds is 4. The third-order valence-electron chi connectivity index (χ3n) is 4.91. The SMILES string of the molecule is NC1CCN(C(=O)c2cnc(-c3nccs3)n2Cc2cc(F)c(F)c(F)c2)CC1. The lowest BCUT2D eigenvalue weighted by Gasteiger charge is -2.30. The first-order valence-corrected chi connectivity index (χ1v) is 9.95. The molecule has 0 spiro atoms. The summed E-state index contributed by atoms with van der Waals surface area (Å²) >= 11 is 1.33. The van der Waals surface area contributed by atoms with Crippen LogP contribution < -0.4 is 5.73 Å². The van der Waals surface area contributed by atoms with Crippen LogP contribution in [0.4, 0.5) is 13.2 Å². The van der Waals surface area contributed by atoms with Crippen LogP contribution in [0.5, 0.6) is 0 Å². The number of imidazole rings is 1. The van der Waals surface area contributed by atoms with E-state index in [9.17, 15) is 18.0 Å². The summed E-state index contributed by atoms with van der Waals surface area (Å²) < 4.78 is 42.3. The van der Waals surface area contributed by atoms with Crippen LogP contribution in [0.3, 0.4) is 0 Å². The fourth-order valence-electron chi connectivity index (χ4n) is 3.36. The van der Waals surface area contributed by atoms with Gasteiger partial charge in [0.2, 0.25) is 0 Å². The summed E-state index contributed by atoms with van der Waals surface area (Å²) in [5, 5.41) is 2.33. The predicted molar refractivity (Wildman–Crippen MR) is 102 cm³/mol. The second-order valence-electron chi connectivity index (χ2n) is 6.89. The topological polar surface area (TPSA) is 77.0 Å². The molecule has 1 saturated heterocycles. The Morgan fingerprint density at radius 2 is 1.86 bits per heavy atom. The van der Waals surface area contributed by atoms with E-state index in [1.165, 1.54) is 17.5 Å². The highest BCUT2D eigenvalue weighted by Gasteiger charge is 2.26. The number of nitrogens with two attached hydrogens (primary N) is 1. The van der Waals surface area contributed by atoms with Crippen molar-refractivity contribution in [2.75, 3.05) is 13.1 Å². The number of aromatic nitrogens is 3. The van der Waals surface area contributed by atoms with Gasteiger partial charge < -0.3 is 15.2 Å². The van der Waals surface area contributed by atoms with Crippen molar-refractivity contribution in [1.82, 2.24) is 19.4 Å². The highest BCUT2D eigenvalue weighted by Crippen LogP contribution is 2.25. The lowest BCUT2D eigenvalue weighted by Crippen LogP contribution is -2.43. The Morgan fingerprint density at radius 3 is 2.48 bits per heavy atom. The number of likely N-dealkylation sites (tertiary alicyclic amines) is 1. The van der Waals surface area contributed by atoms with Crippen LogP contribution >= 0.6 is 11.3 Å². The minimum Gasteiger partial charge on any atom is -0.337 e. The highest BCUT2D eigenvalue weighted by atomic mass is 32.1. The summed E-state index contributed by atoms with van der Waals surface area (Å²) in [7, 11) is 0. The molecule has 152 valence electrons. The Balaban J connectivity index is 1.72. The average Bonchev–Trinajstić information content (AvgIpc) is 3.36. The summed E-state index contributed by atoms with van der Waals surface area (Å²) in [5.74, 6) is -3.93. The molecule has 1 aromatic carbocycles. The fourth-order valence-corrected chi connectivity index (χ4v) is 4.00. The molecule has 4 rings (SSSR count). The lowest BCUT2D eigenvalue weighted by atomic mass is 10.1. The first-order chi connectivity index (χ1) is 13.9. The summed E-state index contributed by atoms with van der Waals surface area (Å²) in [5.41, 5.74) is 6.36. The zero-order valence-electron chi connectivity index (χ0n) is 15.3. The largest absolute Gasteiger partial charge is 0.337 e. The molecule has 10 heteroatoms. The Labute approximate surface area is 168 Å². The average molecular weight is 421 g/mol. The monoisotopic (exact) mass is 421 g/mol. The van der Waals surface area contributed by atoms with Crippen LogP contribution in [-0.2, 0) is 6.54 Å². The third kappa shape index (κ3) is 3.90. The van der Waals surface area contributed by atoms with Crippen LogP contribution in [0.2, 0.25) is 0 Å². The lowest BCUT2D eigenvalue weighted by molar-refractivity contribution is 0.0704.